The average Bonchev–Trinajstić information content (AvgIpc) is 2.14. The van der Waals surface area contributed by atoms with E-state index in [9.17, 15) is 21.6 Å². The standard InChI is InChI=1S/C10H14F3O3PS/c1-17(2,3,9-7-5-4-6-8-9)16-18(14,15)10(11,12)13/h4-8H,1-3H3. The normalized spacial score (nSPS) is 16.0. The van der Waals surface area contributed by atoms with Gasteiger partial charge in [0.05, 0.1) is 0 Å². The van der Waals surface area contributed by atoms with Crippen LogP contribution in [0.4, 0.5) is 13.2 Å². The minimum atomic E-state index is -5.60. The molecule has 0 aliphatic heterocycles. The van der Waals surface area contributed by atoms with Crippen LogP contribution in [0.3, 0.4) is 0 Å². The van der Waals surface area contributed by atoms with Crippen molar-refractivity contribution in [2.24, 2.45) is 0 Å². The molecule has 0 spiro atoms. The summed E-state index contributed by atoms with van der Waals surface area (Å²) < 4.78 is 63.9. The molecule has 104 valence electrons. The van der Waals surface area contributed by atoms with Crippen LogP contribution < -0.4 is 5.30 Å². The molecule has 0 bridgehead atoms. The summed E-state index contributed by atoms with van der Waals surface area (Å²) in [5, 5.41) is 0.455. The van der Waals surface area contributed by atoms with Crippen LogP contribution in [0.5, 0.6) is 0 Å². The summed E-state index contributed by atoms with van der Waals surface area (Å²) >= 11 is 0. The molecule has 0 saturated heterocycles. The minimum absolute atomic E-state index is 0.455. The molecule has 0 radical (unpaired) electrons. The van der Waals surface area contributed by atoms with Crippen LogP contribution in [0.25, 0.3) is 0 Å². The van der Waals surface area contributed by atoms with Crippen LogP contribution in [0.2, 0.25) is 0 Å². The third-order valence-electron chi connectivity index (χ3n) is 2.28. The Kier molecular flexibility index (Phi) is 3.58. The zero-order chi connectivity index (χ0) is 14.3. The predicted octanol–water partition coefficient (Wildman–Crippen LogP) is 2.54. The summed E-state index contributed by atoms with van der Waals surface area (Å²) in [7, 11) is -5.60. The van der Waals surface area contributed by atoms with Gasteiger partial charge in [0.15, 0.2) is 0 Å². The van der Waals surface area contributed by atoms with Crippen LogP contribution >= 0.6 is 6.83 Å². The Balaban J connectivity index is 3.24. The van der Waals surface area contributed by atoms with Crippen LogP contribution in [-0.2, 0) is 14.1 Å². The number of rotatable bonds is 3. The van der Waals surface area contributed by atoms with Crippen molar-refractivity contribution in [1.82, 2.24) is 0 Å². The van der Waals surface area contributed by atoms with Crippen molar-refractivity contribution in [3.05, 3.63) is 30.3 Å². The fraction of sp³-hybridized carbons (Fsp3) is 0.400. The van der Waals surface area contributed by atoms with E-state index in [0.717, 1.165) is 0 Å². The van der Waals surface area contributed by atoms with Gasteiger partial charge in [-0.2, -0.15) is 0 Å². The average molecular weight is 302 g/mol. The molecule has 0 fully saturated rings. The molecule has 0 unspecified atom stereocenters. The molecular weight excluding hydrogens is 288 g/mol. The molecule has 0 atom stereocenters. The zero-order valence-corrected chi connectivity index (χ0v) is 11.8. The van der Waals surface area contributed by atoms with E-state index in [-0.39, 0.29) is 0 Å². The molecule has 1 aromatic rings. The van der Waals surface area contributed by atoms with Crippen molar-refractivity contribution in [2.45, 2.75) is 5.51 Å². The van der Waals surface area contributed by atoms with Gasteiger partial charge in [0.2, 0.25) is 0 Å². The van der Waals surface area contributed by atoms with Gasteiger partial charge in [-0.05, 0) is 0 Å². The molecule has 0 aliphatic rings. The Morgan fingerprint density at radius 1 is 1.06 bits per heavy atom. The number of alkyl halides is 3. The topological polar surface area (TPSA) is 43.4 Å². The molecule has 0 amide bonds. The summed E-state index contributed by atoms with van der Waals surface area (Å²) in [5.41, 5.74) is -5.41. The number of hydrogen-bond donors (Lipinski definition) is 0. The van der Waals surface area contributed by atoms with Crippen molar-refractivity contribution in [1.29, 1.82) is 0 Å². The fourth-order valence-corrected chi connectivity index (χ4v) is 5.98. The number of benzene rings is 1. The Hall–Kier alpha value is -0.650. The molecule has 0 heterocycles. The van der Waals surface area contributed by atoms with Gasteiger partial charge in [-0.3, -0.25) is 0 Å². The maximum atomic E-state index is 12.4. The van der Waals surface area contributed by atoms with Gasteiger partial charge in [-0.25, -0.2) is 0 Å². The second kappa shape index (κ2) is 4.18. The van der Waals surface area contributed by atoms with Crippen LogP contribution in [0.15, 0.2) is 30.3 Å². The van der Waals surface area contributed by atoms with Crippen LogP contribution in [0.1, 0.15) is 0 Å². The Bertz CT molecular complexity index is 529. The molecule has 1 rings (SSSR count). The van der Waals surface area contributed by atoms with Gasteiger partial charge in [-0.15, -0.1) is 0 Å². The predicted molar refractivity (Wildman–Crippen MR) is 66.8 cm³/mol. The third-order valence-corrected chi connectivity index (χ3v) is 7.78. The van der Waals surface area contributed by atoms with E-state index in [1.165, 1.54) is 20.0 Å². The van der Waals surface area contributed by atoms with Gasteiger partial charge in [0.1, 0.15) is 0 Å². The Morgan fingerprint density at radius 3 is 1.89 bits per heavy atom. The summed E-state index contributed by atoms with van der Waals surface area (Å²) in [5.74, 6) is 0. The second-order valence-corrected chi connectivity index (χ2v) is 12.7. The molecule has 18 heavy (non-hydrogen) atoms. The van der Waals surface area contributed by atoms with E-state index in [0.29, 0.717) is 5.30 Å². The van der Waals surface area contributed by atoms with E-state index in [2.05, 4.69) is 3.97 Å². The van der Waals surface area contributed by atoms with Gasteiger partial charge >= 0.3 is 104 Å². The monoisotopic (exact) mass is 302 g/mol. The molecule has 3 nitrogen and oxygen atoms in total. The first-order valence-electron chi connectivity index (χ1n) is 4.93. The summed E-state index contributed by atoms with van der Waals surface area (Å²) in [6, 6.07) is 8.05. The third kappa shape index (κ3) is 3.22. The first-order valence-corrected chi connectivity index (χ1v) is 9.83. The van der Waals surface area contributed by atoms with Gasteiger partial charge < -0.3 is 0 Å². The molecule has 1 aromatic carbocycles. The number of hydrogen-bond acceptors (Lipinski definition) is 3. The number of halogens is 3. The van der Waals surface area contributed by atoms with E-state index < -0.39 is 22.5 Å². The van der Waals surface area contributed by atoms with Crippen LogP contribution in [-0.4, -0.2) is 33.9 Å². The summed E-state index contributed by atoms with van der Waals surface area (Å²) in [4.78, 5) is 0. The SMILES string of the molecule is CP(C)(C)(OS(=O)(=O)C(F)(F)F)c1ccccc1. The molecule has 0 aliphatic carbocycles. The van der Waals surface area contributed by atoms with Crippen molar-refractivity contribution < 1.29 is 25.6 Å². The van der Waals surface area contributed by atoms with Gasteiger partial charge in [0, 0.05) is 0 Å². The van der Waals surface area contributed by atoms with Crippen molar-refractivity contribution >= 4 is 22.3 Å². The van der Waals surface area contributed by atoms with Gasteiger partial charge in [0.25, 0.3) is 0 Å². The van der Waals surface area contributed by atoms with Gasteiger partial charge in [-0.1, -0.05) is 0 Å². The van der Waals surface area contributed by atoms with E-state index in [1.54, 1.807) is 30.3 Å². The summed E-state index contributed by atoms with van der Waals surface area (Å²) in [6.45, 7) is 0.609. The molecule has 0 saturated carbocycles. The Morgan fingerprint density at radius 2 is 1.50 bits per heavy atom. The van der Waals surface area contributed by atoms with E-state index in [1.807, 2.05) is 0 Å². The van der Waals surface area contributed by atoms with Crippen molar-refractivity contribution in [3.8, 4) is 0 Å². The van der Waals surface area contributed by atoms with Crippen molar-refractivity contribution in [3.63, 3.8) is 0 Å². The first-order chi connectivity index (χ1) is 7.84. The Labute approximate surface area is 104 Å². The second-order valence-electron chi connectivity index (χ2n) is 4.96. The fourth-order valence-electron chi connectivity index (χ4n) is 1.36. The molecular formula is C10H14F3O3PS. The maximum absolute atomic E-state index is 12.4. The summed E-state index contributed by atoms with van der Waals surface area (Å²) in [6.07, 6.45) is 0. The molecule has 8 heteroatoms. The first kappa shape index (κ1) is 15.4. The quantitative estimate of drug-likeness (QED) is 0.636. The molecule has 0 N–H and O–H groups in total. The van der Waals surface area contributed by atoms with Crippen molar-refractivity contribution in [2.75, 3.05) is 20.0 Å². The van der Waals surface area contributed by atoms with E-state index in [4.69, 9.17) is 0 Å². The molecule has 0 aromatic heterocycles. The van der Waals surface area contributed by atoms with Crippen LogP contribution in [0, 0.1) is 0 Å². The van der Waals surface area contributed by atoms with E-state index >= 15 is 0 Å². The zero-order valence-electron chi connectivity index (χ0n) is 10.1.